The fraction of sp³-hybridized carbons (Fsp3) is 0.455. The molecule has 146 valence electrons. The van der Waals surface area contributed by atoms with Crippen LogP contribution in [0.3, 0.4) is 0 Å². The van der Waals surface area contributed by atoms with Gasteiger partial charge in [-0.25, -0.2) is 8.78 Å². The fourth-order valence-electron chi connectivity index (χ4n) is 3.66. The zero-order chi connectivity index (χ0) is 19.4. The van der Waals surface area contributed by atoms with Crippen LogP contribution in [-0.4, -0.2) is 13.2 Å². The van der Waals surface area contributed by atoms with Crippen molar-refractivity contribution in [2.24, 2.45) is 5.92 Å². The fourth-order valence-corrected chi connectivity index (χ4v) is 3.66. The van der Waals surface area contributed by atoms with Crippen LogP contribution in [0.4, 0.5) is 13.2 Å². The summed E-state index contributed by atoms with van der Waals surface area (Å²) < 4.78 is 54.0. The molecule has 0 bridgehead atoms. The van der Waals surface area contributed by atoms with E-state index in [4.69, 9.17) is 9.47 Å². The lowest BCUT2D eigenvalue weighted by Crippen LogP contribution is -2.21. The first kappa shape index (κ1) is 19.7. The molecule has 2 atom stereocenters. The molecule has 1 saturated heterocycles. The van der Waals surface area contributed by atoms with Crippen molar-refractivity contribution >= 4 is 0 Å². The molecule has 0 radical (unpaired) electrons. The molecule has 1 fully saturated rings. The molecule has 0 saturated carbocycles. The highest BCUT2D eigenvalue weighted by Gasteiger charge is 2.25. The number of hydrogen-bond acceptors (Lipinski definition) is 2. The Bertz CT molecular complexity index is 783. The molecular formula is C22H25F3O2. The predicted octanol–water partition coefficient (Wildman–Crippen LogP) is 6.44. The van der Waals surface area contributed by atoms with Crippen LogP contribution in [0.2, 0.25) is 0 Å². The summed E-state index contributed by atoms with van der Waals surface area (Å²) in [5, 5.41) is 0. The second kappa shape index (κ2) is 8.79. The van der Waals surface area contributed by atoms with Gasteiger partial charge in [0.2, 0.25) is 5.82 Å². The average molecular weight is 378 g/mol. The van der Waals surface area contributed by atoms with E-state index in [2.05, 4.69) is 6.92 Å². The Balaban J connectivity index is 1.80. The van der Waals surface area contributed by atoms with Crippen LogP contribution < -0.4 is 4.74 Å². The molecule has 0 aromatic heterocycles. The topological polar surface area (TPSA) is 18.5 Å². The highest BCUT2D eigenvalue weighted by molar-refractivity contribution is 5.66. The maximum atomic E-state index is 14.7. The molecule has 2 aromatic rings. The van der Waals surface area contributed by atoms with Crippen LogP contribution in [0.5, 0.6) is 5.75 Å². The lowest BCUT2D eigenvalue weighted by Gasteiger charge is -2.29. The van der Waals surface area contributed by atoms with Gasteiger partial charge >= 0.3 is 0 Å². The van der Waals surface area contributed by atoms with Gasteiger partial charge in [-0.05, 0) is 55.9 Å². The zero-order valence-electron chi connectivity index (χ0n) is 15.7. The molecule has 2 aromatic carbocycles. The van der Waals surface area contributed by atoms with Gasteiger partial charge in [-0.2, -0.15) is 4.39 Å². The highest BCUT2D eigenvalue weighted by atomic mass is 19.2. The van der Waals surface area contributed by atoms with Gasteiger partial charge in [0.15, 0.2) is 11.6 Å². The summed E-state index contributed by atoms with van der Waals surface area (Å²) in [6.07, 6.45) is 3.74. The Morgan fingerprint density at radius 2 is 1.85 bits per heavy atom. The highest BCUT2D eigenvalue weighted by Crippen LogP contribution is 2.36. The molecule has 1 heterocycles. The second-order valence-electron chi connectivity index (χ2n) is 6.96. The van der Waals surface area contributed by atoms with Crippen molar-refractivity contribution < 1.29 is 22.6 Å². The van der Waals surface area contributed by atoms with Crippen molar-refractivity contribution in [3.8, 4) is 16.9 Å². The first-order chi connectivity index (χ1) is 13.0. The zero-order valence-corrected chi connectivity index (χ0v) is 15.7. The maximum Gasteiger partial charge on any atom is 0.201 e. The Hall–Kier alpha value is -2.01. The molecule has 2 nitrogen and oxygen atoms in total. The number of benzene rings is 2. The van der Waals surface area contributed by atoms with Gasteiger partial charge in [0, 0.05) is 11.1 Å². The smallest absolute Gasteiger partial charge is 0.201 e. The Kier molecular flexibility index (Phi) is 6.42. The number of hydrogen-bond donors (Lipinski definition) is 0. The third-order valence-electron chi connectivity index (χ3n) is 5.07. The minimum atomic E-state index is -1.06. The van der Waals surface area contributed by atoms with E-state index >= 15 is 0 Å². The van der Waals surface area contributed by atoms with Crippen LogP contribution in [0.15, 0.2) is 30.3 Å². The normalized spacial score (nSPS) is 19.9. The van der Waals surface area contributed by atoms with E-state index in [9.17, 15) is 13.2 Å². The summed E-state index contributed by atoms with van der Waals surface area (Å²) in [6.45, 7) is 4.71. The van der Waals surface area contributed by atoms with Crippen molar-refractivity contribution in [1.82, 2.24) is 0 Å². The minimum absolute atomic E-state index is 0.00831. The minimum Gasteiger partial charge on any atom is -0.491 e. The van der Waals surface area contributed by atoms with Crippen molar-refractivity contribution in [3.63, 3.8) is 0 Å². The monoisotopic (exact) mass is 378 g/mol. The van der Waals surface area contributed by atoms with E-state index in [0.29, 0.717) is 18.1 Å². The van der Waals surface area contributed by atoms with Gasteiger partial charge in [0.05, 0.1) is 19.3 Å². The van der Waals surface area contributed by atoms with Crippen molar-refractivity contribution in [2.45, 2.75) is 45.6 Å². The van der Waals surface area contributed by atoms with E-state index in [1.165, 1.54) is 18.2 Å². The summed E-state index contributed by atoms with van der Waals surface area (Å²) in [6, 6.07) is 7.24. The Morgan fingerprint density at radius 3 is 2.48 bits per heavy atom. The second-order valence-corrected chi connectivity index (χ2v) is 6.96. The summed E-state index contributed by atoms with van der Waals surface area (Å²) >= 11 is 0. The Labute approximate surface area is 158 Å². The molecule has 0 N–H and O–H groups in total. The molecule has 5 heteroatoms. The quantitative estimate of drug-likeness (QED) is 0.576. The molecule has 1 aliphatic rings. The summed E-state index contributed by atoms with van der Waals surface area (Å²) in [5.74, 6) is -2.16. The Morgan fingerprint density at radius 1 is 1.04 bits per heavy atom. The van der Waals surface area contributed by atoms with E-state index in [-0.39, 0.29) is 29.6 Å². The largest absolute Gasteiger partial charge is 0.491 e. The first-order valence-electron chi connectivity index (χ1n) is 9.57. The third-order valence-corrected chi connectivity index (χ3v) is 5.07. The molecule has 0 aliphatic carbocycles. The maximum absolute atomic E-state index is 14.7. The van der Waals surface area contributed by atoms with Gasteiger partial charge < -0.3 is 9.47 Å². The van der Waals surface area contributed by atoms with Crippen LogP contribution in [-0.2, 0) is 4.74 Å². The van der Waals surface area contributed by atoms with E-state index in [1.807, 2.05) is 0 Å². The van der Waals surface area contributed by atoms with Gasteiger partial charge in [-0.15, -0.1) is 0 Å². The van der Waals surface area contributed by atoms with Crippen molar-refractivity contribution in [3.05, 3.63) is 53.3 Å². The average Bonchev–Trinajstić information content (AvgIpc) is 2.67. The lowest BCUT2D eigenvalue weighted by molar-refractivity contribution is -0.0211. The molecule has 2 unspecified atom stereocenters. The van der Waals surface area contributed by atoms with Gasteiger partial charge in [-0.1, -0.05) is 25.5 Å². The predicted molar refractivity (Wildman–Crippen MR) is 99.2 cm³/mol. The number of halogens is 3. The molecule has 27 heavy (non-hydrogen) atoms. The molecule has 1 aliphatic heterocycles. The third kappa shape index (κ3) is 4.29. The van der Waals surface area contributed by atoms with Crippen molar-refractivity contribution in [1.29, 1.82) is 0 Å². The SMILES string of the molecule is CCCC1CCC(c2ccc(-c3ccc(OCC)c(F)c3F)cc2F)OC1. The summed E-state index contributed by atoms with van der Waals surface area (Å²) in [7, 11) is 0. The van der Waals surface area contributed by atoms with E-state index in [1.54, 1.807) is 19.1 Å². The molecule has 3 rings (SSSR count). The van der Waals surface area contributed by atoms with E-state index < -0.39 is 17.5 Å². The summed E-state index contributed by atoms with van der Waals surface area (Å²) in [5.41, 5.74) is 0.768. The first-order valence-corrected chi connectivity index (χ1v) is 9.57. The number of rotatable bonds is 6. The molecule has 0 spiro atoms. The van der Waals surface area contributed by atoms with Crippen LogP contribution in [0, 0.1) is 23.4 Å². The summed E-state index contributed by atoms with van der Waals surface area (Å²) in [4.78, 5) is 0. The van der Waals surface area contributed by atoms with Crippen LogP contribution in [0.1, 0.15) is 51.2 Å². The van der Waals surface area contributed by atoms with Crippen LogP contribution in [0.25, 0.3) is 11.1 Å². The van der Waals surface area contributed by atoms with Crippen molar-refractivity contribution in [2.75, 3.05) is 13.2 Å². The molecule has 0 amide bonds. The molecular weight excluding hydrogens is 353 g/mol. The van der Waals surface area contributed by atoms with Gasteiger partial charge in [0.25, 0.3) is 0 Å². The van der Waals surface area contributed by atoms with Crippen LogP contribution >= 0.6 is 0 Å². The van der Waals surface area contributed by atoms with Gasteiger partial charge in [0.1, 0.15) is 5.82 Å². The standard InChI is InChI=1S/C22H25F3O2/c1-3-5-14-6-10-19(27-13-14)17-8-7-15(12-18(17)23)16-9-11-20(26-4-2)22(25)21(16)24/h7-9,11-12,14,19H,3-6,10,13H2,1-2H3. The van der Waals surface area contributed by atoms with Gasteiger partial charge in [-0.3, -0.25) is 0 Å². The lowest BCUT2D eigenvalue weighted by atomic mass is 9.91. The number of ether oxygens (including phenoxy) is 2. The van der Waals surface area contributed by atoms with E-state index in [0.717, 1.165) is 25.7 Å².